The van der Waals surface area contributed by atoms with Crippen molar-refractivity contribution in [3.63, 3.8) is 0 Å². The molecule has 0 fully saturated rings. The van der Waals surface area contributed by atoms with Gasteiger partial charge < -0.3 is 19.9 Å². The monoisotopic (exact) mass is 405 g/mol. The third kappa shape index (κ3) is 7.28. The average molecular weight is 405 g/mol. The minimum Gasteiger partial charge on any atom is -0.493 e. The van der Waals surface area contributed by atoms with Crippen molar-refractivity contribution >= 4 is 12.1 Å². The number of amides is 1. The van der Waals surface area contributed by atoms with E-state index in [-0.39, 0.29) is 18.6 Å². The summed E-state index contributed by atoms with van der Waals surface area (Å²) in [6, 6.07) is 2.68. The topological polar surface area (TPSA) is 84.9 Å². The Labute approximate surface area is 162 Å². The molecule has 1 aromatic rings. The van der Waals surface area contributed by atoms with Crippen LogP contribution in [0.5, 0.6) is 5.75 Å². The number of hydrogen-bond donors (Lipinski definition) is 2. The molecule has 0 aliphatic carbocycles. The Balaban J connectivity index is 3.09. The van der Waals surface area contributed by atoms with Gasteiger partial charge in [-0.2, -0.15) is 13.2 Å². The first-order chi connectivity index (χ1) is 12.7. The quantitative estimate of drug-likeness (QED) is 0.682. The Morgan fingerprint density at radius 3 is 2.29 bits per heavy atom. The molecule has 28 heavy (non-hydrogen) atoms. The van der Waals surface area contributed by atoms with Crippen LogP contribution in [0.1, 0.15) is 58.2 Å². The second kappa shape index (κ2) is 9.16. The molecule has 0 bridgehead atoms. The SMILES string of the molecule is CC(CCOc1c([C@@H](C)NC(=O)OC(C)(C)C)cccc1C(F)(F)F)C(=O)O. The van der Waals surface area contributed by atoms with Crippen LogP contribution in [0.4, 0.5) is 18.0 Å². The number of ether oxygens (including phenoxy) is 2. The fourth-order valence-electron chi connectivity index (χ4n) is 2.30. The second-order valence-corrected chi connectivity index (χ2v) is 7.47. The zero-order chi connectivity index (χ0) is 21.7. The van der Waals surface area contributed by atoms with E-state index in [1.165, 1.54) is 26.0 Å². The molecule has 0 aliphatic heterocycles. The largest absolute Gasteiger partial charge is 0.493 e. The van der Waals surface area contributed by atoms with Crippen molar-refractivity contribution in [3.8, 4) is 5.75 Å². The summed E-state index contributed by atoms with van der Waals surface area (Å²) in [4.78, 5) is 22.8. The van der Waals surface area contributed by atoms with Gasteiger partial charge in [0.15, 0.2) is 0 Å². The standard InChI is InChI=1S/C19H26F3NO5/c1-11(16(24)25)9-10-27-15-13(7-6-8-14(15)19(20,21)22)12(2)23-17(26)28-18(3,4)5/h6-8,11-12H,9-10H2,1-5H3,(H,23,26)(H,24,25)/t11?,12-/m1/s1. The lowest BCUT2D eigenvalue weighted by Gasteiger charge is -2.24. The highest BCUT2D eigenvalue weighted by molar-refractivity contribution is 5.69. The Morgan fingerprint density at radius 2 is 1.79 bits per heavy atom. The maximum atomic E-state index is 13.4. The van der Waals surface area contributed by atoms with Gasteiger partial charge in [-0.25, -0.2) is 4.79 Å². The van der Waals surface area contributed by atoms with Crippen LogP contribution < -0.4 is 10.1 Å². The van der Waals surface area contributed by atoms with E-state index in [0.29, 0.717) is 0 Å². The van der Waals surface area contributed by atoms with E-state index in [9.17, 15) is 22.8 Å². The van der Waals surface area contributed by atoms with E-state index in [1.54, 1.807) is 20.8 Å². The van der Waals surface area contributed by atoms with E-state index in [0.717, 1.165) is 6.07 Å². The highest BCUT2D eigenvalue weighted by Crippen LogP contribution is 2.40. The van der Waals surface area contributed by atoms with Gasteiger partial charge in [0, 0.05) is 5.56 Å². The molecule has 0 spiro atoms. The van der Waals surface area contributed by atoms with Gasteiger partial charge in [-0.05, 0) is 40.2 Å². The molecule has 0 aromatic heterocycles. The van der Waals surface area contributed by atoms with E-state index in [2.05, 4.69) is 5.32 Å². The van der Waals surface area contributed by atoms with Crippen molar-refractivity contribution in [2.24, 2.45) is 5.92 Å². The van der Waals surface area contributed by atoms with Crippen molar-refractivity contribution in [2.45, 2.75) is 58.9 Å². The molecule has 1 amide bonds. The van der Waals surface area contributed by atoms with Crippen molar-refractivity contribution in [2.75, 3.05) is 6.61 Å². The number of carbonyl (C=O) groups is 2. The Morgan fingerprint density at radius 1 is 1.18 bits per heavy atom. The molecule has 1 unspecified atom stereocenters. The fourth-order valence-corrected chi connectivity index (χ4v) is 2.30. The summed E-state index contributed by atoms with van der Waals surface area (Å²) in [5, 5.41) is 11.4. The molecule has 2 N–H and O–H groups in total. The summed E-state index contributed by atoms with van der Waals surface area (Å²) in [6.07, 6.45) is -5.41. The Bertz CT molecular complexity index is 698. The normalized spacial score (nSPS) is 14.1. The minimum absolute atomic E-state index is 0.0365. The molecule has 0 saturated carbocycles. The van der Waals surface area contributed by atoms with E-state index >= 15 is 0 Å². The van der Waals surface area contributed by atoms with E-state index < -0.39 is 47.1 Å². The molecule has 0 radical (unpaired) electrons. The first-order valence-corrected chi connectivity index (χ1v) is 8.77. The Hall–Kier alpha value is -2.45. The highest BCUT2D eigenvalue weighted by Gasteiger charge is 2.36. The van der Waals surface area contributed by atoms with Crippen LogP contribution >= 0.6 is 0 Å². The smallest absolute Gasteiger partial charge is 0.419 e. The first-order valence-electron chi connectivity index (χ1n) is 8.77. The number of para-hydroxylation sites is 1. The van der Waals surface area contributed by atoms with Crippen LogP contribution in [0, 0.1) is 5.92 Å². The number of alkyl halides is 3. The molecule has 9 heteroatoms. The molecule has 158 valence electrons. The van der Waals surface area contributed by atoms with E-state index in [1.807, 2.05) is 0 Å². The summed E-state index contributed by atoms with van der Waals surface area (Å²) < 4.78 is 50.7. The zero-order valence-corrected chi connectivity index (χ0v) is 16.5. The second-order valence-electron chi connectivity index (χ2n) is 7.47. The van der Waals surface area contributed by atoms with Gasteiger partial charge in [-0.15, -0.1) is 0 Å². The zero-order valence-electron chi connectivity index (χ0n) is 16.5. The third-order valence-electron chi connectivity index (χ3n) is 3.77. The van der Waals surface area contributed by atoms with Gasteiger partial charge in [0.05, 0.1) is 24.1 Å². The number of nitrogens with one attached hydrogen (secondary N) is 1. The van der Waals surface area contributed by atoms with Crippen molar-refractivity contribution in [1.82, 2.24) is 5.32 Å². The maximum absolute atomic E-state index is 13.4. The lowest BCUT2D eigenvalue weighted by Crippen LogP contribution is -2.34. The summed E-state index contributed by atoms with van der Waals surface area (Å²) in [5.74, 6) is -2.26. The third-order valence-corrected chi connectivity index (χ3v) is 3.77. The van der Waals surface area contributed by atoms with E-state index in [4.69, 9.17) is 14.6 Å². The number of carboxylic acids is 1. The molecule has 0 saturated heterocycles. The van der Waals surface area contributed by atoms with Crippen LogP contribution in [-0.2, 0) is 15.7 Å². The lowest BCUT2D eigenvalue weighted by molar-refractivity contribution is -0.142. The molecule has 0 aliphatic rings. The molecule has 0 heterocycles. The molecule has 1 aromatic carbocycles. The predicted octanol–water partition coefficient (Wildman–Crippen LogP) is 4.78. The number of rotatable bonds is 7. The molecule has 1 rings (SSSR count). The molecular weight excluding hydrogens is 379 g/mol. The lowest BCUT2D eigenvalue weighted by atomic mass is 10.0. The number of alkyl carbamates (subject to hydrolysis) is 1. The van der Waals surface area contributed by atoms with Crippen LogP contribution in [0.25, 0.3) is 0 Å². The molecule has 2 atom stereocenters. The van der Waals surface area contributed by atoms with Crippen LogP contribution in [-0.4, -0.2) is 29.4 Å². The number of hydrogen-bond acceptors (Lipinski definition) is 4. The predicted molar refractivity (Wildman–Crippen MR) is 96.1 cm³/mol. The van der Waals surface area contributed by atoms with Gasteiger partial charge in [0.25, 0.3) is 0 Å². The fraction of sp³-hybridized carbons (Fsp3) is 0.579. The van der Waals surface area contributed by atoms with Gasteiger partial charge >= 0.3 is 18.2 Å². The highest BCUT2D eigenvalue weighted by atomic mass is 19.4. The van der Waals surface area contributed by atoms with Crippen LogP contribution in [0.15, 0.2) is 18.2 Å². The summed E-state index contributed by atoms with van der Waals surface area (Å²) >= 11 is 0. The minimum atomic E-state index is -4.67. The van der Waals surface area contributed by atoms with Gasteiger partial charge in [0.2, 0.25) is 0 Å². The number of halogens is 3. The van der Waals surface area contributed by atoms with Gasteiger partial charge in [-0.1, -0.05) is 19.1 Å². The maximum Gasteiger partial charge on any atom is 0.419 e. The number of carboxylic acid groups (broad SMARTS) is 1. The molecular formula is C19H26F3NO5. The van der Waals surface area contributed by atoms with Gasteiger partial charge in [0.1, 0.15) is 11.4 Å². The summed E-state index contributed by atoms with van der Waals surface area (Å²) in [5.41, 5.74) is -1.64. The number of carbonyl (C=O) groups excluding carboxylic acids is 1. The summed E-state index contributed by atoms with van der Waals surface area (Å²) in [6.45, 7) is 7.73. The molecule has 6 nitrogen and oxygen atoms in total. The van der Waals surface area contributed by atoms with Crippen molar-refractivity contribution in [3.05, 3.63) is 29.3 Å². The first kappa shape index (κ1) is 23.6. The Kier molecular flexibility index (Phi) is 7.72. The van der Waals surface area contributed by atoms with Crippen molar-refractivity contribution in [1.29, 1.82) is 0 Å². The average Bonchev–Trinajstić information content (AvgIpc) is 2.51. The van der Waals surface area contributed by atoms with Crippen LogP contribution in [0.3, 0.4) is 0 Å². The summed E-state index contributed by atoms with van der Waals surface area (Å²) in [7, 11) is 0. The number of aliphatic carboxylic acids is 1. The van der Waals surface area contributed by atoms with Crippen LogP contribution in [0.2, 0.25) is 0 Å². The van der Waals surface area contributed by atoms with Crippen molar-refractivity contribution < 1.29 is 37.3 Å². The van der Waals surface area contributed by atoms with Gasteiger partial charge in [-0.3, -0.25) is 4.79 Å². The number of benzene rings is 1.